The highest BCUT2D eigenvalue weighted by molar-refractivity contribution is 5.76. The topological polar surface area (TPSA) is 84.7 Å². The molecule has 0 radical (unpaired) electrons. The van der Waals surface area contributed by atoms with E-state index in [4.69, 9.17) is 10.5 Å². The Morgan fingerprint density at radius 2 is 2.16 bits per heavy atom. The fourth-order valence-electron chi connectivity index (χ4n) is 2.62. The summed E-state index contributed by atoms with van der Waals surface area (Å²) in [6, 6.07) is 0.308. The maximum absolute atomic E-state index is 11.4. The van der Waals surface area contributed by atoms with E-state index in [1.165, 1.54) is 7.11 Å². The minimum absolute atomic E-state index is 0.194. The molecule has 110 valence electrons. The number of likely N-dealkylation sites (tertiary alicyclic amines) is 1. The van der Waals surface area contributed by atoms with E-state index in [1.807, 2.05) is 4.90 Å². The quantitative estimate of drug-likeness (QED) is 0.622. The first-order chi connectivity index (χ1) is 9.05. The number of nitrogens with zero attached hydrogens (tertiary/aromatic N) is 1. The van der Waals surface area contributed by atoms with E-state index in [0.29, 0.717) is 12.5 Å². The number of esters is 1. The molecular weight excluding hydrogens is 246 g/mol. The molecule has 1 aliphatic rings. The third-order valence-corrected chi connectivity index (χ3v) is 3.36. The minimum atomic E-state index is -0.326. The molecular formula is C13H25N3O3. The summed E-state index contributed by atoms with van der Waals surface area (Å²) in [5, 5.41) is 3.45. The van der Waals surface area contributed by atoms with Crippen molar-refractivity contribution >= 4 is 11.9 Å². The summed E-state index contributed by atoms with van der Waals surface area (Å²) >= 11 is 0. The van der Waals surface area contributed by atoms with Gasteiger partial charge in [0.15, 0.2) is 0 Å². The second-order valence-corrected chi connectivity index (χ2v) is 5.19. The lowest BCUT2D eigenvalue weighted by Gasteiger charge is -2.37. The highest BCUT2D eigenvalue weighted by Gasteiger charge is 2.29. The van der Waals surface area contributed by atoms with E-state index in [2.05, 4.69) is 12.2 Å². The number of amides is 1. The van der Waals surface area contributed by atoms with Crippen molar-refractivity contribution in [3.8, 4) is 0 Å². The van der Waals surface area contributed by atoms with E-state index in [9.17, 15) is 9.59 Å². The van der Waals surface area contributed by atoms with E-state index in [-0.39, 0.29) is 24.3 Å². The van der Waals surface area contributed by atoms with Gasteiger partial charge in [-0.25, -0.2) is 0 Å². The number of ether oxygens (including phenoxy) is 1. The summed E-state index contributed by atoms with van der Waals surface area (Å²) in [5.41, 5.74) is 5.25. The maximum Gasteiger partial charge on any atom is 0.305 e. The molecule has 1 heterocycles. The first kappa shape index (κ1) is 15.9. The van der Waals surface area contributed by atoms with Crippen LogP contribution in [0.3, 0.4) is 0 Å². The Bertz CT molecular complexity index is 310. The third-order valence-electron chi connectivity index (χ3n) is 3.36. The number of hydrogen-bond donors (Lipinski definition) is 2. The molecule has 0 aromatic heterocycles. The summed E-state index contributed by atoms with van der Waals surface area (Å²) in [6.07, 6.45) is 2.40. The van der Waals surface area contributed by atoms with Gasteiger partial charge in [0.1, 0.15) is 0 Å². The van der Waals surface area contributed by atoms with E-state index in [1.54, 1.807) is 0 Å². The summed E-state index contributed by atoms with van der Waals surface area (Å²) in [7, 11) is 1.40. The van der Waals surface area contributed by atoms with Crippen molar-refractivity contribution in [3.05, 3.63) is 0 Å². The van der Waals surface area contributed by atoms with Gasteiger partial charge in [-0.3, -0.25) is 14.5 Å². The average molecular weight is 271 g/mol. The van der Waals surface area contributed by atoms with Gasteiger partial charge in [0.05, 0.1) is 13.7 Å². The van der Waals surface area contributed by atoms with Crippen molar-refractivity contribution in [2.24, 2.45) is 11.7 Å². The summed E-state index contributed by atoms with van der Waals surface area (Å²) in [4.78, 5) is 24.4. The van der Waals surface area contributed by atoms with E-state index in [0.717, 1.165) is 32.5 Å². The Morgan fingerprint density at radius 3 is 2.74 bits per heavy atom. The van der Waals surface area contributed by atoms with Crippen molar-refractivity contribution in [3.63, 3.8) is 0 Å². The molecule has 1 rings (SSSR count). The first-order valence-corrected chi connectivity index (χ1v) is 6.86. The molecule has 0 aromatic carbocycles. The fraction of sp³-hybridized carbons (Fsp3) is 0.846. The molecule has 6 nitrogen and oxygen atoms in total. The van der Waals surface area contributed by atoms with Crippen LogP contribution in [-0.2, 0) is 14.3 Å². The number of carbonyl (C=O) groups excluding carboxylic acids is 2. The average Bonchev–Trinajstić information content (AvgIpc) is 2.35. The molecule has 2 unspecified atom stereocenters. The zero-order valence-corrected chi connectivity index (χ0v) is 11.9. The van der Waals surface area contributed by atoms with Crippen LogP contribution in [0, 0.1) is 5.92 Å². The van der Waals surface area contributed by atoms with Crippen LogP contribution in [0.4, 0.5) is 0 Å². The van der Waals surface area contributed by atoms with Gasteiger partial charge in [-0.05, 0) is 25.3 Å². The van der Waals surface area contributed by atoms with Gasteiger partial charge in [0.2, 0.25) is 5.91 Å². The Labute approximate surface area is 114 Å². The molecule has 0 aliphatic carbocycles. The number of methoxy groups -OCH3 is 1. The summed E-state index contributed by atoms with van der Waals surface area (Å²) in [6.45, 7) is 4.84. The van der Waals surface area contributed by atoms with Gasteiger partial charge in [-0.1, -0.05) is 6.92 Å². The summed E-state index contributed by atoms with van der Waals surface area (Å²) < 4.78 is 4.72. The van der Waals surface area contributed by atoms with Crippen molar-refractivity contribution in [1.29, 1.82) is 0 Å². The Morgan fingerprint density at radius 1 is 1.42 bits per heavy atom. The molecule has 0 bridgehead atoms. The first-order valence-electron chi connectivity index (χ1n) is 6.86. The predicted molar refractivity (Wildman–Crippen MR) is 72.5 cm³/mol. The molecule has 1 aliphatic heterocycles. The maximum atomic E-state index is 11.4. The molecule has 1 saturated heterocycles. The van der Waals surface area contributed by atoms with E-state index >= 15 is 0 Å². The van der Waals surface area contributed by atoms with Crippen molar-refractivity contribution in [2.45, 2.75) is 32.2 Å². The highest BCUT2D eigenvalue weighted by Crippen LogP contribution is 2.20. The normalized spacial score (nSPS) is 24.1. The van der Waals surface area contributed by atoms with Gasteiger partial charge in [-0.15, -0.1) is 0 Å². The lowest BCUT2D eigenvalue weighted by atomic mass is 9.91. The standard InChI is InChI=1S/C13H25N3O3/c1-3-4-15-11-5-10(6-13(18)19-2)7-16(8-11)9-12(14)17/h10-11,15H,3-9H2,1-2H3,(H2,14,17). The second kappa shape index (κ2) is 8.12. The van der Waals surface area contributed by atoms with Crippen LogP contribution < -0.4 is 11.1 Å². The fourth-order valence-corrected chi connectivity index (χ4v) is 2.62. The SMILES string of the molecule is CCCNC1CC(CC(=O)OC)CN(CC(N)=O)C1. The van der Waals surface area contributed by atoms with Crippen LogP contribution in [0.15, 0.2) is 0 Å². The molecule has 6 heteroatoms. The number of nitrogens with two attached hydrogens (primary N) is 1. The highest BCUT2D eigenvalue weighted by atomic mass is 16.5. The molecule has 1 amide bonds. The number of piperidine rings is 1. The van der Waals surface area contributed by atoms with Crippen LogP contribution in [0.5, 0.6) is 0 Å². The van der Waals surface area contributed by atoms with Crippen molar-refractivity contribution in [1.82, 2.24) is 10.2 Å². The molecule has 19 heavy (non-hydrogen) atoms. The Hall–Kier alpha value is -1.14. The summed E-state index contributed by atoms with van der Waals surface area (Å²) in [5.74, 6) is -0.303. The predicted octanol–water partition coefficient (Wildman–Crippen LogP) is -0.275. The van der Waals surface area contributed by atoms with Gasteiger partial charge in [0.25, 0.3) is 0 Å². The molecule has 0 saturated carbocycles. The molecule has 2 atom stereocenters. The molecule has 0 spiro atoms. The molecule has 0 aromatic rings. The smallest absolute Gasteiger partial charge is 0.305 e. The van der Waals surface area contributed by atoms with Gasteiger partial charge >= 0.3 is 5.97 Å². The van der Waals surface area contributed by atoms with Crippen LogP contribution in [0.2, 0.25) is 0 Å². The third kappa shape index (κ3) is 6.02. The number of primary amides is 1. The molecule has 3 N–H and O–H groups in total. The van der Waals surface area contributed by atoms with Crippen LogP contribution in [-0.4, -0.2) is 56.1 Å². The van der Waals surface area contributed by atoms with Crippen molar-refractivity contribution < 1.29 is 14.3 Å². The van der Waals surface area contributed by atoms with Crippen LogP contribution in [0.25, 0.3) is 0 Å². The lowest BCUT2D eigenvalue weighted by Crippen LogP contribution is -2.51. The number of nitrogens with one attached hydrogen (secondary N) is 1. The van der Waals surface area contributed by atoms with Gasteiger partial charge in [0, 0.05) is 25.6 Å². The van der Waals surface area contributed by atoms with Crippen LogP contribution in [0.1, 0.15) is 26.2 Å². The second-order valence-electron chi connectivity index (χ2n) is 5.19. The number of carbonyl (C=O) groups is 2. The van der Waals surface area contributed by atoms with Crippen LogP contribution >= 0.6 is 0 Å². The zero-order chi connectivity index (χ0) is 14.3. The van der Waals surface area contributed by atoms with Gasteiger partial charge in [-0.2, -0.15) is 0 Å². The molecule has 1 fully saturated rings. The largest absolute Gasteiger partial charge is 0.469 e. The van der Waals surface area contributed by atoms with Gasteiger partial charge < -0.3 is 15.8 Å². The monoisotopic (exact) mass is 271 g/mol. The lowest BCUT2D eigenvalue weighted by molar-refractivity contribution is -0.142. The van der Waals surface area contributed by atoms with Crippen molar-refractivity contribution in [2.75, 3.05) is 33.3 Å². The Balaban J connectivity index is 2.55. The number of hydrogen-bond acceptors (Lipinski definition) is 5. The zero-order valence-electron chi connectivity index (χ0n) is 11.9. The Kier molecular flexibility index (Phi) is 6.80. The minimum Gasteiger partial charge on any atom is -0.469 e. The number of rotatable bonds is 7. The van der Waals surface area contributed by atoms with E-state index < -0.39 is 0 Å².